The highest BCUT2D eigenvalue weighted by atomic mass is 35.5. The number of amides is 2. The normalized spacial score (nSPS) is 15.0. The molecule has 0 heterocycles. The second-order valence-electron chi connectivity index (χ2n) is 9.38. The smallest absolute Gasteiger partial charge is 0.244 e. The molecule has 9 heteroatoms. The number of hydrogen-bond acceptors (Lipinski definition) is 4. The Morgan fingerprint density at radius 3 is 2.43 bits per heavy atom. The van der Waals surface area contributed by atoms with E-state index in [9.17, 15) is 18.0 Å². The molecule has 7 nitrogen and oxygen atoms in total. The zero-order valence-electron chi connectivity index (χ0n) is 20.8. The molecule has 1 fully saturated rings. The largest absolute Gasteiger partial charge is 0.352 e. The van der Waals surface area contributed by atoms with Gasteiger partial charge >= 0.3 is 0 Å². The molecule has 0 radical (unpaired) electrons. The van der Waals surface area contributed by atoms with Crippen molar-refractivity contribution in [2.45, 2.75) is 65.1 Å². The van der Waals surface area contributed by atoms with E-state index in [-0.39, 0.29) is 18.5 Å². The van der Waals surface area contributed by atoms with E-state index in [4.69, 9.17) is 11.6 Å². The molecule has 0 saturated heterocycles. The number of anilines is 1. The predicted octanol–water partition coefficient (Wildman–Crippen LogP) is 4.20. The summed E-state index contributed by atoms with van der Waals surface area (Å²) in [5.41, 5.74) is 2.82. The molecule has 0 spiro atoms. The lowest BCUT2D eigenvalue weighted by Crippen LogP contribution is -2.52. The zero-order chi connectivity index (χ0) is 25.8. The molecule has 1 atom stereocenters. The van der Waals surface area contributed by atoms with Gasteiger partial charge in [-0.2, -0.15) is 0 Å². The first-order chi connectivity index (χ1) is 16.5. The van der Waals surface area contributed by atoms with Crippen LogP contribution in [0.1, 0.15) is 49.3 Å². The minimum absolute atomic E-state index is 0.107. The van der Waals surface area contributed by atoms with Gasteiger partial charge < -0.3 is 10.2 Å². The molecule has 0 bridgehead atoms. The van der Waals surface area contributed by atoms with Crippen molar-refractivity contribution >= 4 is 39.1 Å². The van der Waals surface area contributed by atoms with Crippen LogP contribution < -0.4 is 9.62 Å². The third kappa shape index (κ3) is 7.21. The van der Waals surface area contributed by atoms with Crippen LogP contribution in [-0.4, -0.2) is 50.0 Å². The van der Waals surface area contributed by atoms with Crippen molar-refractivity contribution < 1.29 is 18.0 Å². The number of sulfonamides is 1. The molecule has 3 rings (SSSR count). The van der Waals surface area contributed by atoms with Crippen molar-refractivity contribution in [3.63, 3.8) is 0 Å². The number of nitrogens with zero attached hydrogens (tertiary/aromatic N) is 2. The number of benzene rings is 2. The quantitative estimate of drug-likeness (QED) is 0.538. The third-order valence-electron chi connectivity index (χ3n) is 6.42. The minimum Gasteiger partial charge on any atom is -0.352 e. The number of hydrogen-bond donors (Lipinski definition) is 1. The molecule has 1 aliphatic carbocycles. The Bertz CT molecular complexity index is 1180. The number of halogens is 1. The monoisotopic (exact) mass is 519 g/mol. The first kappa shape index (κ1) is 27.0. The van der Waals surface area contributed by atoms with Crippen LogP contribution in [0, 0.1) is 13.8 Å². The van der Waals surface area contributed by atoms with Gasteiger partial charge in [0, 0.05) is 17.6 Å². The highest BCUT2D eigenvalue weighted by molar-refractivity contribution is 7.92. The minimum atomic E-state index is -3.77. The van der Waals surface area contributed by atoms with E-state index in [0.717, 1.165) is 52.9 Å². The fourth-order valence-electron chi connectivity index (χ4n) is 4.39. The van der Waals surface area contributed by atoms with E-state index < -0.39 is 28.5 Å². The molecule has 1 aliphatic rings. The zero-order valence-corrected chi connectivity index (χ0v) is 22.3. The Balaban J connectivity index is 1.91. The molecule has 2 aromatic carbocycles. The summed E-state index contributed by atoms with van der Waals surface area (Å²) in [5.74, 6) is -0.713. The predicted molar refractivity (Wildman–Crippen MR) is 140 cm³/mol. The maximum Gasteiger partial charge on any atom is 0.244 e. The van der Waals surface area contributed by atoms with Gasteiger partial charge in [0.25, 0.3) is 0 Å². The summed E-state index contributed by atoms with van der Waals surface area (Å²) in [7, 11) is -3.77. The second-order valence-corrected chi connectivity index (χ2v) is 11.7. The Labute approximate surface area is 213 Å². The lowest BCUT2D eigenvalue weighted by atomic mass is 10.1. The van der Waals surface area contributed by atoms with Gasteiger partial charge in [0.1, 0.15) is 12.6 Å². The van der Waals surface area contributed by atoms with Gasteiger partial charge in [-0.15, -0.1) is 0 Å². The molecule has 2 aromatic rings. The van der Waals surface area contributed by atoms with E-state index in [2.05, 4.69) is 5.32 Å². The Morgan fingerprint density at radius 1 is 1.11 bits per heavy atom. The standard InChI is InChI=1S/C26H34ClN3O4S/c1-18-12-13-19(2)24(14-18)30(35(4,33)34)17-25(31)29(16-21-8-7-9-22(27)15-21)20(3)26(32)28-23-10-5-6-11-23/h7-9,12-15,20,23H,5-6,10-11,16-17H2,1-4H3,(H,28,32). The molecule has 1 unspecified atom stereocenters. The van der Waals surface area contributed by atoms with Crippen molar-refractivity contribution in [3.05, 3.63) is 64.2 Å². The van der Waals surface area contributed by atoms with E-state index in [1.807, 2.05) is 25.1 Å². The number of nitrogens with one attached hydrogen (secondary N) is 1. The van der Waals surface area contributed by atoms with E-state index in [0.29, 0.717) is 10.7 Å². The van der Waals surface area contributed by atoms with Crippen molar-refractivity contribution in [1.29, 1.82) is 0 Å². The fourth-order valence-corrected chi connectivity index (χ4v) is 5.50. The van der Waals surface area contributed by atoms with E-state index in [1.165, 1.54) is 4.90 Å². The summed E-state index contributed by atoms with van der Waals surface area (Å²) in [5, 5.41) is 3.57. The average Bonchev–Trinajstić information content (AvgIpc) is 3.29. The maximum absolute atomic E-state index is 13.6. The second kappa shape index (κ2) is 11.4. The molecule has 190 valence electrons. The first-order valence-electron chi connectivity index (χ1n) is 11.8. The summed E-state index contributed by atoms with van der Waals surface area (Å²) in [4.78, 5) is 28.2. The third-order valence-corrected chi connectivity index (χ3v) is 7.78. The fraction of sp³-hybridized carbons (Fsp3) is 0.462. The molecule has 0 aromatic heterocycles. The molecule has 1 saturated carbocycles. The van der Waals surface area contributed by atoms with E-state index >= 15 is 0 Å². The topological polar surface area (TPSA) is 86.8 Å². The summed E-state index contributed by atoms with van der Waals surface area (Å²) in [6, 6.07) is 11.9. The van der Waals surface area contributed by atoms with Crippen molar-refractivity contribution in [1.82, 2.24) is 10.2 Å². The van der Waals surface area contributed by atoms with Gasteiger partial charge in [0.05, 0.1) is 11.9 Å². The van der Waals surface area contributed by atoms with Crippen LogP contribution in [0.4, 0.5) is 5.69 Å². The Kier molecular flexibility index (Phi) is 8.83. The van der Waals surface area contributed by atoms with Gasteiger partial charge in [0.2, 0.25) is 21.8 Å². The lowest BCUT2D eigenvalue weighted by Gasteiger charge is -2.32. The average molecular weight is 520 g/mol. The van der Waals surface area contributed by atoms with Crippen LogP contribution in [0.15, 0.2) is 42.5 Å². The van der Waals surface area contributed by atoms with Crippen LogP contribution >= 0.6 is 11.6 Å². The Hall–Kier alpha value is -2.58. The number of carbonyl (C=O) groups excluding carboxylic acids is 2. The van der Waals surface area contributed by atoms with Crippen LogP contribution in [-0.2, 0) is 26.2 Å². The Morgan fingerprint density at radius 2 is 1.80 bits per heavy atom. The van der Waals surface area contributed by atoms with Crippen LogP contribution in [0.25, 0.3) is 0 Å². The summed E-state index contributed by atoms with van der Waals surface area (Å²) >= 11 is 6.15. The number of rotatable bonds is 9. The van der Waals surface area contributed by atoms with Crippen molar-refractivity contribution in [3.8, 4) is 0 Å². The summed E-state index contributed by atoms with van der Waals surface area (Å²) in [6.45, 7) is 5.06. The summed E-state index contributed by atoms with van der Waals surface area (Å²) in [6.07, 6.45) is 5.08. The first-order valence-corrected chi connectivity index (χ1v) is 14.1. The molecule has 0 aliphatic heterocycles. The van der Waals surface area contributed by atoms with Gasteiger partial charge in [-0.1, -0.05) is 48.7 Å². The van der Waals surface area contributed by atoms with Gasteiger partial charge in [-0.3, -0.25) is 13.9 Å². The summed E-state index contributed by atoms with van der Waals surface area (Å²) < 4.78 is 26.6. The van der Waals surface area contributed by atoms with Crippen molar-refractivity contribution in [2.75, 3.05) is 17.1 Å². The number of carbonyl (C=O) groups is 2. The SMILES string of the molecule is Cc1ccc(C)c(N(CC(=O)N(Cc2cccc(Cl)c2)C(C)C(=O)NC2CCCC2)S(C)(=O)=O)c1. The molecular weight excluding hydrogens is 486 g/mol. The van der Waals surface area contributed by atoms with Crippen LogP contribution in [0.2, 0.25) is 5.02 Å². The highest BCUT2D eigenvalue weighted by Gasteiger charge is 2.31. The lowest BCUT2D eigenvalue weighted by molar-refractivity contribution is -0.139. The van der Waals surface area contributed by atoms with Gasteiger partial charge in [0.15, 0.2) is 0 Å². The van der Waals surface area contributed by atoms with Crippen LogP contribution in [0.5, 0.6) is 0 Å². The molecule has 1 N–H and O–H groups in total. The van der Waals surface area contributed by atoms with Crippen molar-refractivity contribution in [2.24, 2.45) is 0 Å². The van der Waals surface area contributed by atoms with Crippen LogP contribution in [0.3, 0.4) is 0 Å². The maximum atomic E-state index is 13.6. The van der Waals surface area contributed by atoms with Gasteiger partial charge in [-0.05, 0) is 68.5 Å². The molecule has 35 heavy (non-hydrogen) atoms. The molecule has 2 amide bonds. The highest BCUT2D eigenvalue weighted by Crippen LogP contribution is 2.25. The number of aryl methyl sites for hydroxylation is 2. The molecular formula is C26H34ClN3O4S. The van der Waals surface area contributed by atoms with Gasteiger partial charge in [-0.25, -0.2) is 8.42 Å². The van der Waals surface area contributed by atoms with E-state index in [1.54, 1.807) is 38.1 Å².